The summed E-state index contributed by atoms with van der Waals surface area (Å²) in [5, 5.41) is 2.71. The zero-order valence-corrected chi connectivity index (χ0v) is 9.32. The third-order valence-corrected chi connectivity index (χ3v) is 2.67. The second-order valence-electron chi connectivity index (χ2n) is 4.22. The van der Waals surface area contributed by atoms with Crippen molar-refractivity contribution < 1.29 is 9.59 Å². The number of hydrogen-bond donors (Lipinski definition) is 2. The first-order valence-corrected chi connectivity index (χ1v) is 5.30. The fourth-order valence-corrected chi connectivity index (χ4v) is 1.61. The minimum atomic E-state index is -0.185. The van der Waals surface area contributed by atoms with Crippen LogP contribution in [0.15, 0.2) is 0 Å². The van der Waals surface area contributed by atoms with Gasteiger partial charge in [-0.05, 0) is 19.4 Å². The Bertz CT molecular complexity index is 255. The lowest BCUT2D eigenvalue weighted by Gasteiger charge is -2.29. The molecule has 2 amide bonds. The van der Waals surface area contributed by atoms with Crippen LogP contribution < -0.4 is 11.1 Å². The van der Waals surface area contributed by atoms with Crippen molar-refractivity contribution in [2.24, 2.45) is 11.7 Å². The van der Waals surface area contributed by atoms with Crippen molar-refractivity contribution in [3.8, 4) is 0 Å². The molecule has 1 saturated heterocycles. The minimum Gasteiger partial charge on any atom is -0.354 e. The number of rotatable bonds is 3. The number of amides is 2. The second kappa shape index (κ2) is 5.11. The van der Waals surface area contributed by atoms with E-state index in [1.807, 2.05) is 13.8 Å². The average molecular weight is 213 g/mol. The summed E-state index contributed by atoms with van der Waals surface area (Å²) in [5.74, 6) is -0.0165. The quantitative estimate of drug-likeness (QED) is 0.610. The number of nitrogens with zero attached hydrogens (tertiary/aromatic N) is 1. The van der Waals surface area contributed by atoms with Gasteiger partial charge in [-0.1, -0.05) is 6.92 Å². The van der Waals surface area contributed by atoms with Crippen LogP contribution in [-0.4, -0.2) is 42.4 Å². The topological polar surface area (TPSA) is 75.4 Å². The summed E-state index contributed by atoms with van der Waals surface area (Å²) < 4.78 is 0. The fraction of sp³-hybridized carbons (Fsp3) is 0.800. The van der Waals surface area contributed by atoms with Crippen LogP contribution in [0.4, 0.5) is 0 Å². The molecule has 0 spiro atoms. The van der Waals surface area contributed by atoms with Crippen molar-refractivity contribution in [2.45, 2.75) is 26.3 Å². The van der Waals surface area contributed by atoms with E-state index in [0.717, 1.165) is 0 Å². The molecule has 3 N–H and O–H groups in total. The van der Waals surface area contributed by atoms with Gasteiger partial charge in [0.25, 0.3) is 0 Å². The van der Waals surface area contributed by atoms with E-state index in [0.29, 0.717) is 19.6 Å². The highest BCUT2D eigenvalue weighted by atomic mass is 16.2. The Labute approximate surface area is 90.0 Å². The standard InChI is InChI=1S/C10H19N3O2/c1-7(4-11)6-13-8(2)5-12-9(14)3-10(13)15/h7-8H,3-6,11H2,1-2H3,(H,12,14). The minimum absolute atomic E-state index is 0.0400. The van der Waals surface area contributed by atoms with Crippen LogP contribution in [0, 0.1) is 5.92 Å². The molecule has 1 aliphatic rings. The van der Waals surface area contributed by atoms with Gasteiger partial charge in [-0.25, -0.2) is 0 Å². The van der Waals surface area contributed by atoms with Gasteiger partial charge in [-0.15, -0.1) is 0 Å². The van der Waals surface area contributed by atoms with Crippen molar-refractivity contribution in [3.63, 3.8) is 0 Å². The number of carbonyl (C=O) groups is 2. The molecule has 0 aromatic heterocycles. The molecular formula is C10H19N3O2. The summed E-state index contributed by atoms with van der Waals surface area (Å²) in [6.07, 6.45) is -0.0400. The lowest BCUT2D eigenvalue weighted by Crippen LogP contribution is -2.43. The molecule has 0 aromatic carbocycles. The maximum absolute atomic E-state index is 11.7. The van der Waals surface area contributed by atoms with Gasteiger partial charge in [-0.2, -0.15) is 0 Å². The van der Waals surface area contributed by atoms with Gasteiger partial charge in [0.2, 0.25) is 11.8 Å². The van der Waals surface area contributed by atoms with Crippen LogP contribution in [0.5, 0.6) is 0 Å². The van der Waals surface area contributed by atoms with Gasteiger partial charge in [-0.3, -0.25) is 9.59 Å². The summed E-state index contributed by atoms with van der Waals surface area (Å²) in [4.78, 5) is 24.6. The number of nitrogens with two attached hydrogens (primary N) is 1. The van der Waals surface area contributed by atoms with Gasteiger partial charge in [0.05, 0.1) is 0 Å². The van der Waals surface area contributed by atoms with E-state index in [2.05, 4.69) is 5.32 Å². The maximum atomic E-state index is 11.7. The van der Waals surface area contributed by atoms with Crippen molar-refractivity contribution in [2.75, 3.05) is 19.6 Å². The fourth-order valence-electron chi connectivity index (χ4n) is 1.61. The van der Waals surface area contributed by atoms with Crippen LogP contribution in [0.2, 0.25) is 0 Å². The molecule has 2 unspecified atom stereocenters. The maximum Gasteiger partial charge on any atom is 0.232 e. The Morgan fingerprint density at radius 1 is 1.60 bits per heavy atom. The predicted molar refractivity (Wildman–Crippen MR) is 57.0 cm³/mol. The number of carbonyl (C=O) groups excluding carboxylic acids is 2. The van der Waals surface area contributed by atoms with Crippen molar-refractivity contribution in [1.82, 2.24) is 10.2 Å². The zero-order chi connectivity index (χ0) is 11.4. The molecule has 2 atom stereocenters. The van der Waals surface area contributed by atoms with Crippen LogP contribution in [0.1, 0.15) is 20.3 Å². The van der Waals surface area contributed by atoms with Crippen molar-refractivity contribution >= 4 is 11.8 Å². The normalized spacial score (nSPS) is 24.7. The number of hydrogen-bond acceptors (Lipinski definition) is 3. The van der Waals surface area contributed by atoms with Crippen LogP contribution in [0.25, 0.3) is 0 Å². The van der Waals surface area contributed by atoms with E-state index in [4.69, 9.17) is 5.73 Å². The third-order valence-electron chi connectivity index (χ3n) is 2.67. The summed E-state index contributed by atoms with van der Waals surface area (Å²) in [5.41, 5.74) is 5.53. The molecule has 0 radical (unpaired) electrons. The molecular weight excluding hydrogens is 194 g/mol. The van der Waals surface area contributed by atoms with Crippen LogP contribution >= 0.6 is 0 Å². The third kappa shape index (κ3) is 3.20. The van der Waals surface area contributed by atoms with Gasteiger partial charge in [0.1, 0.15) is 6.42 Å². The van der Waals surface area contributed by atoms with Crippen molar-refractivity contribution in [3.05, 3.63) is 0 Å². The summed E-state index contributed by atoms with van der Waals surface area (Å²) in [7, 11) is 0. The molecule has 1 aliphatic heterocycles. The molecule has 0 bridgehead atoms. The monoisotopic (exact) mass is 213 g/mol. The Hall–Kier alpha value is -1.10. The second-order valence-corrected chi connectivity index (χ2v) is 4.22. The Balaban J connectivity index is 2.66. The van der Waals surface area contributed by atoms with E-state index in [1.54, 1.807) is 4.90 Å². The lowest BCUT2D eigenvalue weighted by molar-refractivity contribution is -0.135. The molecule has 1 rings (SSSR count). The highest BCUT2D eigenvalue weighted by Crippen LogP contribution is 2.09. The number of nitrogens with one attached hydrogen (secondary N) is 1. The molecule has 86 valence electrons. The molecule has 0 aromatic rings. The highest BCUT2D eigenvalue weighted by molar-refractivity contribution is 5.97. The first-order chi connectivity index (χ1) is 7.04. The van der Waals surface area contributed by atoms with Gasteiger partial charge in [0, 0.05) is 19.1 Å². The summed E-state index contributed by atoms with van der Waals surface area (Å²) in [6.45, 7) is 5.65. The summed E-state index contributed by atoms with van der Waals surface area (Å²) >= 11 is 0. The molecule has 1 heterocycles. The Kier molecular flexibility index (Phi) is 4.08. The Morgan fingerprint density at radius 2 is 2.27 bits per heavy atom. The zero-order valence-electron chi connectivity index (χ0n) is 9.32. The molecule has 0 saturated carbocycles. The SMILES string of the molecule is CC(CN)CN1C(=O)CC(=O)NCC1C. The van der Waals surface area contributed by atoms with Crippen molar-refractivity contribution in [1.29, 1.82) is 0 Å². The smallest absolute Gasteiger partial charge is 0.232 e. The van der Waals surface area contributed by atoms with E-state index < -0.39 is 0 Å². The van der Waals surface area contributed by atoms with E-state index in [9.17, 15) is 9.59 Å². The molecule has 1 fully saturated rings. The predicted octanol–water partition coefficient (Wildman–Crippen LogP) is -0.682. The molecule has 0 aliphatic carbocycles. The van der Waals surface area contributed by atoms with Gasteiger partial charge >= 0.3 is 0 Å². The largest absolute Gasteiger partial charge is 0.354 e. The van der Waals surface area contributed by atoms with E-state index in [-0.39, 0.29) is 30.2 Å². The first kappa shape index (κ1) is 12.0. The Morgan fingerprint density at radius 3 is 2.87 bits per heavy atom. The first-order valence-electron chi connectivity index (χ1n) is 5.30. The van der Waals surface area contributed by atoms with Crippen LogP contribution in [0.3, 0.4) is 0 Å². The highest BCUT2D eigenvalue weighted by Gasteiger charge is 2.27. The molecule has 5 nitrogen and oxygen atoms in total. The van der Waals surface area contributed by atoms with E-state index >= 15 is 0 Å². The average Bonchev–Trinajstić information content (AvgIpc) is 2.31. The summed E-state index contributed by atoms with van der Waals surface area (Å²) in [6, 6.07) is 0.0537. The lowest BCUT2D eigenvalue weighted by atomic mass is 10.1. The molecule has 15 heavy (non-hydrogen) atoms. The van der Waals surface area contributed by atoms with E-state index in [1.165, 1.54) is 0 Å². The van der Waals surface area contributed by atoms with Crippen LogP contribution in [-0.2, 0) is 9.59 Å². The van der Waals surface area contributed by atoms with Gasteiger partial charge in [0.15, 0.2) is 0 Å². The molecule has 5 heteroatoms. The van der Waals surface area contributed by atoms with Gasteiger partial charge < -0.3 is 16.0 Å².